The summed E-state index contributed by atoms with van der Waals surface area (Å²) in [6, 6.07) is 4.60. The normalized spacial score (nSPS) is 10.2. The Bertz CT molecular complexity index is 598. The van der Waals surface area contributed by atoms with Gasteiger partial charge in [-0.15, -0.1) is 11.3 Å². The second-order valence-electron chi connectivity index (χ2n) is 3.88. The summed E-state index contributed by atoms with van der Waals surface area (Å²) in [5, 5.41) is 14.9. The minimum Gasteiger partial charge on any atom is -0.496 e. The molecule has 0 bridgehead atoms. The molecule has 1 aromatic heterocycles. The zero-order valence-electron chi connectivity index (χ0n) is 10.5. The molecule has 6 nitrogen and oxygen atoms in total. The maximum Gasteiger partial charge on any atom is 0.275 e. The first-order chi connectivity index (χ1) is 9.08. The molecule has 0 saturated heterocycles. The second-order valence-corrected chi connectivity index (χ2v) is 5.20. The maximum atomic E-state index is 10.8. The van der Waals surface area contributed by atoms with Crippen LogP contribution in [0.15, 0.2) is 24.4 Å². The highest BCUT2D eigenvalue weighted by Crippen LogP contribution is 2.26. The first-order valence-corrected chi connectivity index (χ1v) is 6.39. The number of rotatable bonds is 5. The third kappa shape index (κ3) is 3.41. The number of nitro groups is 1. The van der Waals surface area contributed by atoms with Gasteiger partial charge in [-0.3, -0.25) is 10.1 Å². The molecule has 0 atom stereocenters. The standard InChI is InChI=1S/C12H13N3O3S/c1-8-13-6-12(19-8)7-14-9-3-10(15(16)17)5-11(4-9)18-2/h3-6,14H,7H2,1-2H3. The Kier molecular flexibility index (Phi) is 3.96. The molecule has 0 radical (unpaired) electrons. The molecule has 0 fully saturated rings. The third-order valence-corrected chi connectivity index (χ3v) is 3.39. The number of hydrogen-bond acceptors (Lipinski definition) is 6. The van der Waals surface area contributed by atoms with Crippen molar-refractivity contribution in [3.05, 3.63) is 44.4 Å². The zero-order chi connectivity index (χ0) is 13.8. The fourth-order valence-corrected chi connectivity index (χ4v) is 2.32. The van der Waals surface area contributed by atoms with E-state index < -0.39 is 4.92 Å². The van der Waals surface area contributed by atoms with E-state index in [1.165, 1.54) is 19.2 Å². The van der Waals surface area contributed by atoms with Gasteiger partial charge < -0.3 is 10.1 Å². The van der Waals surface area contributed by atoms with Gasteiger partial charge in [-0.2, -0.15) is 0 Å². The lowest BCUT2D eigenvalue weighted by Gasteiger charge is -2.07. The Balaban J connectivity index is 2.15. The summed E-state index contributed by atoms with van der Waals surface area (Å²) in [5.74, 6) is 0.456. The molecule has 100 valence electrons. The Morgan fingerprint density at radius 2 is 2.26 bits per heavy atom. The van der Waals surface area contributed by atoms with E-state index in [4.69, 9.17) is 4.74 Å². The highest BCUT2D eigenvalue weighted by atomic mass is 32.1. The van der Waals surface area contributed by atoms with E-state index in [1.54, 1.807) is 23.6 Å². The summed E-state index contributed by atoms with van der Waals surface area (Å²) in [4.78, 5) is 15.6. The Morgan fingerprint density at radius 3 is 2.84 bits per heavy atom. The van der Waals surface area contributed by atoms with Crippen molar-refractivity contribution in [2.45, 2.75) is 13.5 Å². The van der Waals surface area contributed by atoms with Crippen LogP contribution < -0.4 is 10.1 Å². The molecule has 0 aliphatic heterocycles. The average Bonchev–Trinajstić information content (AvgIpc) is 2.81. The second kappa shape index (κ2) is 5.66. The van der Waals surface area contributed by atoms with Gasteiger partial charge in [0.15, 0.2) is 0 Å². The van der Waals surface area contributed by atoms with Gasteiger partial charge in [-0.25, -0.2) is 4.98 Å². The van der Waals surface area contributed by atoms with Crippen molar-refractivity contribution in [3.63, 3.8) is 0 Å². The van der Waals surface area contributed by atoms with Crippen LogP contribution in [0.25, 0.3) is 0 Å². The van der Waals surface area contributed by atoms with Gasteiger partial charge in [0.25, 0.3) is 5.69 Å². The molecule has 0 aliphatic carbocycles. The Labute approximate surface area is 114 Å². The SMILES string of the molecule is COc1cc(NCc2cnc(C)s2)cc([N+](=O)[O-])c1. The number of nitrogens with one attached hydrogen (secondary N) is 1. The molecule has 1 aromatic carbocycles. The summed E-state index contributed by atoms with van der Waals surface area (Å²) in [5.41, 5.74) is 0.652. The topological polar surface area (TPSA) is 77.3 Å². The van der Waals surface area contributed by atoms with E-state index in [0.29, 0.717) is 18.0 Å². The van der Waals surface area contributed by atoms with E-state index in [9.17, 15) is 10.1 Å². The average molecular weight is 279 g/mol. The highest BCUT2D eigenvalue weighted by molar-refractivity contribution is 7.11. The predicted molar refractivity (Wildman–Crippen MR) is 73.8 cm³/mol. The molecule has 1 N–H and O–H groups in total. The van der Waals surface area contributed by atoms with E-state index in [2.05, 4.69) is 10.3 Å². The first kappa shape index (κ1) is 13.3. The quantitative estimate of drug-likeness (QED) is 0.672. The molecule has 0 spiro atoms. The molecule has 2 rings (SSSR count). The van der Waals surface area contributed by atoms with Crippen molar-refractivity contribution >= 4 is 22.7 Å². The lowest BCUT2D eigenvalue weighted by atomic mass is 10.2. The number of thiazole rings is 1. The van der Waals surface area contributed by atoms with Gasteiger partial charge in [0.05, 0.1) is 29.7 Å². The summed E-state index contributed by atoms with van der Waals surface area (Å²) < 4.78 is 5.05. The van der Waals surface area contributed by atoms with E-state index in [1.807, 2.05) is 6.92 Å². The molecule has 0 unspecified atom stereocenters. The molecule has 1 heterocycles. The van der Waals surface area contributed by atoms with E-state index in [0.717, 1.165) is 9.88 Å². The van der Waals surface area contributed by atoms with Gasteiger partial charge in [-0.05, 0) is 6.92 Å². The van der Waals surface area contributed by atoms with Crippen molar-refractivity contribution in [1.82, 2.24) is 4.98 Å². The van der Waals surface area contributed by atoms with Gasteiger partial charge in [0.2, 0.25) is 0 Å². The highest BCUT2D eigenvalue weighted by Gasteiger charge is 2.10. The molecule has 2 aromatic rings. The summed E-state index contributed by atoms with van der Waals surface area (Å²) in [7, 11) is 1.48. The monoisotopic (exact) mass is 279 g/mol. The van der Waals surface area contributed by atoms with E-state index >= 15 is 0 Å². The van der Waals surface area contributed by atoms with E-state index in [-0.39, 0.29) is 5.69 Å². The Morgan fingerprint density at radius 1 is 1.47 bits per heavy atom. The number of nitro benzene ring substituents is 1. The molecule has 7 heteroatoms. The van der Waals surface area contributed by atoms with Crippen LogP contribution in [0.5, 0.6) is 5.75 Å². The van der Waals surface area contributed by atoms with Crippen molar-refractivity contribution in [3.8, 4) is 5.75 Å². The lowest BCUT2D eigenvalue weighted by Crippen LogP contribution is -1.99. The number of methoxy groups -OCH3 is 1. The van der Waals surface area contributed by atoms with Crippen LogP contribution in [0, 0.1) is 17.0 Å². The number of benzene rings is 1. The van der Waals surface area contributed by atoms with Crippen molar-refractivity contribution in [1.29, 1.82) is 0 Å². The minimum atomic E-state index is -0.440. The predicted octanol–water partition coefficient (Wildman–Crippen LogP) is 2.98. The molecule has 0 aliphatic rings. The molecular weight excluding hydrogens is 266 g/mol. The fraction of sp³-hybridized carbons (Fsp3) is 0.250. The number of non-ortho nitro benzene ring substituents is 1. The smallest absolute Gasteiger partial charge is 0.275 e. The fourth-order valence-electron chi connectivity index (χ4n) is 1.58. The van der Waals surface area contributed by atoms with Gasteiger partial charge in [-0.1, -0.05) is 0 Å². The van der Waals surface area contributed by atoms with Gasteiger partial charge >= 0.3 is 0 Å². The van der Waals surface area contributed by atoms with Crippen LogP contribution in [-0.4, -0.2) is 17.0 Å². The number of aryl methyl sites for hydroxylation is 1. The molecular formula is C12H13N3O3S. The summed E-state index contributed by atoms with van der Waals surface area (Å²) in [6.45, 7) is 2.51. The lowest BCUT2D eigenvalue weighted by molar-refractivity contribution is -0.384. The van der Waals surface area contributed by atoms with Gasteiger partial charge in [0.1, 0.15) is 5.75 Å². The van der Waals surface area contributed by atoms with Crippen LogP contribution in [-0.2, 0) is 6.54 Å². The first-order valence-electron chi connectivity index (χ1n) is 5.57. The van der Waals surface area contributed by atoms with Crippen molar-refractivity contribution in [2.75, 3.05) is 12.4 Å². The molecule has 0 saturated carbocycles. The third-order valence-electron chi connectivity index (χ3n) is 2.47. The molecule has 19 heavy (non-hydrogen) atoms. The van der Waals surface area contributed by atoms with Crippen molar-refractivity contribution in [2.24, 2.45) is 0 Å². The summed E-state index contributed by atoms with van der Waals surface area (Å²) >= 11 is 1.59. The van der Waals surface area contributed by atoms with Crippen LogP contribution in [0.3, 0.4) is 0 Å². The van der Waals surface area contributed by atoms with Crippen LogP contribution in [0.4, 0.5) is 11.4 Å². The zero-order valence-corrected chi connectivity index (χ0v) is 11.4. The van der Waals surface area contributed by atoms with Crippen LogP contribution >= 0.6 is 11.3 Å². The van der Waals surface area contributed by atoms with Crippen LogP contribution in [0.2, 0.25) is 0 Å². The van der Waals surface area contributed by atoms with Crippen molar-refractivity contribution < 1.29 is 9.66 Å². The van der Waals surface area contributed by atoms with Crippen LogP contribution in [0.1, 0.15) is 9.88 Å². The number of ether oxygens (including phenoxy) is 1. The number of nitrogens with zero attached hydrogens (tertiary/aromatic N) is 2. The summed E-state index contributed by atoms with van der Waals surface area (Å²) in [6.07, 6.45) is 1.79. The maximum absolute atomic E-state index is 10.8. The molecule has 0 amide bonds. The largest absolute Gasteiger partial charge is 0.496 e. The number of aromatic nitrogens is 1. The van der Waals surface area contributed by atoms with Gasteiger partial charge in [0, 0.05) is 28.9 Å². The minimum absolute atomic E-state index is 0.00216. The number of anilines is 1. The Hall–Kier alpha value is -2.15. The number of hydrogen-bond donors (Lipinski definition) is 1.